The van der Waals surface area contributed by atoms with Crippen molar-refractivity contribution in [2.75, 3.05) is 12.4 Å². The Balaban J connectivity index is 1.61. The first-order chi connectivity index (χ1) is 17.5. The average molecular weight is 576 g/mol. The van der Waals surface area contributed by atoms with Crippen molar-refractivity contribution >= 4 is 38.4 Å². The van der Waals surface area contributed by atoms with Gasteiger partial charge in [-0.15, -0.1) is 0 Å². The number of benzene rings is 2. The lowest BCUT2D eigenvalue weighted by Crippen LogP contribution is -2.26. The molecule has 1 atom stereocenters. The molecule has 0 spiro atoms. The number of aryl methyl sites for hydroxylation is 1. The Kier molecular flexibility index (Phi) is 7.67. The molecule has 2 aromatic carbocycles. The number of aromatic nitrogens is 3. The normalized spacial score (nSPS) is 12.6. The number of likely N-dealkylation sites (N-methyl/N-ethyl adjacent to an activating group) is 1. The van der Waals surface area contributed by atoms with E-state index in [1.54, 1.807) is 37.7 Å². The number of amides is 1. The number of aliphatic hydroxyl groups excluding tert-OH is 1. The van der Waals surface area contributed by atoms with Crippen LogP contribution >= 0.6 is 15.9 Å². The number of pyridine rings is 1. The number of aliphatic hydroxyl groups is 1. The molecule has 3 N–H and O–H groups in total. The molecule has 194 valence electrons. The van der Waals surface area contributed by atoms with Gasteiger partial charge >= 0.3 is 6.18 Å². The SMILES string of the molecule is CNC(O)Cc1ccc(Cn2nc(C)c(NC(=O)c3cc(C(F)(F)F)nc4ccc(Br)cc34)c2C)cc1. The molecule has 0 saturated carbocycles. The molecule has 1 amide bonds. The summed E-state index contributed by atoms with van der Waals surface area (Å²) >= 11 is 3.31. The van der Waals surface area contributed by atoms with Crippen molar-refractivity contribution in [1.82, 2.24) is 20.1 Å². The van der Waals surface area contributed by atoms with Gasteiger partial charge in [0.25, 0.3) is 5.91 Å². The predicted octanol–water partition coefficient (Wildman–Crippen LogP) is 5.21. The van der Waals surface area contributed by atoms with E-state index in [9.17, 15) is 23.1 Å². The van der Waals surface area contributed by atoms with Crippen LogP contribution in [0.25, 0.3) is 10.9 Å². The molecule has 2 heterocycles. The van der Waals surface area contributed by atoms with E-state index in [0.717, 1.165) is 17.2 Å². The predicted molar refractivity (Wildman–Crippen MR) is 138 cm³/mol. The maximum atomic E-state index is 13.5. The van der Waals surface area contributed by atoms with Crippen molar-refractivity contribution in [2.24, 2.45) is 0 Å². The van der Waals surface area contributed by atoms with Gasteiger partial charge in [0.2, 0.25) is 0 Å². The maximum absolute atomic E-state index is 13.5. The summed E-state index contributed by atoms with van der Waals surface area (Å²) in [6, 6.07) is 13.1. The minimum Gasteiger partial charge on any atom is -0.378 e. The molecule has 11 heteroatoms. The van der Waals surface area contributed by atoms with Crippen molar-refractivity contribution in [2.45, 2.75) is 39.2 Å². The number of nitrogens with one attached hydrogen (secondary N) is 2. The van der Waals surface area contributed by atoms with Gasteiger partial charge in [-0.05, 0) is 56.3 Å². The van der Waals surface area contributed by atoms with Crippen LogP contribution in [0.1, 0.15) is 38.6 Å². The molecule has 0 saturated heterocycles. The first kappa shape index (κ1) is 26.8. The molecule has 0 aliphatic heterocycles. The van der Waals surface area contributed by atoms with Crippen LogP contribution in [0.15, 0.2) is 53.0 Å². The van der Waals surface area contributed by atoms with Crippen LogP contribution < -0.4 is 10.6 Å². The second kappa shape index (κ2) is 10.6. The summed E-state index contributed by atoms with van der Waals surface area (Å²) in [5.41, 5.74) is 2.37. The van der Waals surface area contributed by atoms with E-state index in [-0.39, 0.29) is 11.1 Å². The summed E-state index contributed by atoms with van der Waals surface area (Å²) < 4.78 is 42.8. The smallest absolute Gasteiger partial charge is 0.378 e. The highest BCUT2D eigenvalue weighted by molar-refractivity contribution is 9.10. The van der Waals surface area contributed by atoms with E-state index < -0.39 is 24.0 Å². The van der Waals surface area contributed by atoms with E-state index in [2.05, 4.69) is 36.6 Å². The van der Waals surface area contributed by atoms with Gasteiger partial charge in [0, 0.05) is 16.3 Å². The highest BCUT2D eigenvalue weighted by Gasteiger charge is 2.34. The molecule has 0 bridgehead atoms. The van der Waals surface area contributed by atoms with Gasteiger partial charge in [-0.25, -0.2) is 4.98 Å². The minimum atomic E-state index is -4.70. The fraction of sp³-hybridized carbons (Fsp3) is 0.269. The first-order valence-corrected chi connectivity index (χ1v) is 12.2. The molecule has 4 rings (SSSR count). The fourth-order valence-electron chi connectivity index (χ4n) is 4.02. The van der Waals surface area contributed by atoms with Crippen LogP contribution in [-0.2, 0) is 19.1 Å². The molecule has 0 fully saturated rings. The molecule has 0 radical (unpaired) electrons. The molecule has 0 aliphatic rings. The third-order valence-electron chi connectivity index (χ3n) is 6.04. The number of carbonyl (C=O) groups excluding carboxylic acids is 1. The molecule has 7 nitrogen and oxygen atoms in total. The zero-order valence-electron chi connectivity index (χ0n) is 20.3. The largest absolute Gasteiger partial charge is 0.433 e. The molecule has 4 aromatic rings. The Morgan fingerprint density at radius 2 is 1.78 bits per heavy atom. The third kappa shape index (κ3) is 6.00. The van der Waals surface area contributed by atoms with E-state index in [0.29, 0.717) is 39.9 Å². The number of fused-ring (bicyclic) bond motifs is 1. The second-order valence-electron chi connectivity index (χ2n) is 8.70. The first-order valence-electron chi connectivity index (χ1n) is 11.4. The summed E-state index contributed by atoms with van der Waals surface area (Å²) in [6.07, 6.45) is -4.85. The van der Waals surface area contributed by atoms with Crippen LogP contribution in [-0.4, -0.2) is 39.1 Å². The van der Waals surface area contributed by atoms with Gasteiger partial charge in [-0.1, -0.05) is 40.2 Å². The van der Waals surface area contributed by atoms with Crippen LogP contribution in [0.3, 0.4) is 0 Å². The Morgan fingerprint density at radius 1 is 1.11 bits per heavy atom. The molecule has 37 heavy (non-hydrogen) atoms. The quantitative estimate of drug-likeness (QED) is 0.263. The van der Waals surface area contributed by atoms with Crippen molar-refractivity contribution in [3.05, 3.63) is 86.8 Å². The molecule has 0 aliphatic carbocycles. The number of nitrogens with zero attached hydrogens (tertiary/aromatic N) is 3. The van der Waals surface area contributed by atoms with Crippen LogP contribution in [0, 0.1) is 13.8 Å². The fourth-order valence-corrected chi connectivity index (χ4v) is 4.38. The average Bonchev–Trinajstić information content (AvgIpc) is 3.11. The van der Waals surface area contributed by atoms with Gasteiger partial charge in [-0.2, -0.15) is 18.3 Å². The summed E-state index contributed by atoms with van der Waals surface area (Å²) in [5.74, 6) is -0.686. The molecule has 2 aromatic heterocycles. The number of rotatable bonds is 7. The van der Waals surface area contributed by atoms with Crippen molar-refractivity contribution < 1.29 is 23.1 Å². The Bertz CT molecular complexity index is 1450. The van der Waals surface area contributed by atoms with Crippen molar-refractivity contribution in [3.63, 3.8) is 0 Å². The maximum Gasteiger partial charge on any atom is 0.433 e. The molecular formula is C26H25BrF3N5O2. The summed E-state index contributed by atoms with van der Waals surface area (Å²) in [6.45, 7) is 3.94. The van der Waals surface area contributed by atoms with E-state index in [4.69, 9.17) is 0 Å². The molecule has 1 unspecified atom stereocenters. The van der Waals surface area contributed by atoms with Crippen molar-refractivity contribution in [3.8, 4) is 0 Å². The zero-order valence-corrected chi connectivity index (χ0v) is 21.9. The van der Waals surface area contributed by atoms with Gasteiger partial charge in [0.1, 0.15) is 11.9 Å². The number of carbonyl (C=O) groups is 1. The Hall–Kier alpha value is -3.28. The minimum absolute atomic E-state index is 0.0676. The van der Waals surface area contributed by atoms with Gasteiger partial charge in [0.15, 0.2) is 0 Å². The molecular weight excluding hydrogens is 551 g/mol. The van der Waals surface area contributed by atoms with Gasteiger partial charge in [0.05, 0.1) is 34.7 Å². The van der Waals surface area contributed by atoms with E-state index in [1.165, 1.54) is 6.07 Å². The number of hydrogen-bond acceptors (Lipinski definition) is 5. The number of anilines is 1. The summed E-state index contributed by atoms with van der Waals surface area (Å²) in [7, 11) is 1.68. The summed E-state index contributed by atoms with van der Waals surface area (Å²) in [4.78, 5) is 16.9. The van der Waals surface area contributed by atoms with Crippen molar-refractivity contribution in [1.29, 1.82) is 0 Å². The van der Waals surface area contributed by atoms with Crippen LogP contribution in [0.4, 0.5) is 18.9 Å². The second-order valence-corrected chi connectivity index (χ2v) is 9.61. The third-order valence-corrected chi connectivity index (χ3v) is 6.54. The number of hydrogen-bond donors (Lipinski definition) is 3. The highest BCUT2D eigenvalue weighted by Crippen LogP contribution is 2.32. The highest BCUT2D eigenvalue weighted by atomic mass is 79.9. The Morgan fingerprint density at radius 3 is 2.43 bits per heavy atom. The lowest BCUT2D eigenvalue weighted by atomic mass is 10.1. The lowest BCUT2D eigenvalue weighted by molar-refractivity contribution is -0.140. The van der Waals surface area contributed by atoms with Gasteiger partial charge < -0.3 is 10.4 Å². The lowest BCUT2D eigenvalue weighted by Gasteiger charge is -2.13. The topological polar surface area (TPSA) is 92.1 Å². The van der Waals surface area contributed by atoms with Crippen LogP contribution in [0.2, 0.25) is 0 Å². The van der Waals surface area contributed by atoms with E-state index in [1.807, 2.05) is 24.3 Å². The van der Waals surface area contributed by atoms with E-state index >= 15 is 0 Å². The van der Waals surface area contributed by atoms with Gasteiger partial charge in [-0.3, -0.25) is 14.8 Å². The Labute approximate surface area is 219 Å². The summed E-state index contributed by atoms with van der Waals surface area (Å²) in [5, 5.41) is 20.1. The standard InChI is InChI=1S/C26H25BrF3N5O2/c1-14-24(15(2)35(34-14)13-17-6-4-16(5-7-17)10-23(36)31-3)33-25(37)20-12-22(26(28,29)30)32-21-9-8-18(27)11-19(20)21/h4-9,11-12,23,31,36H,10,13H2,1-3H3,(H,33,37). The number of halogens is 4. The van der Waals surface area contributed by atoms with Crippen LogP contribution in [0.5, 0.6) is 0 Å². The number of alkyl halides is 3. The zero-order chi connectivity index (χ0) is 26.9. The monoisotopic (exact) mass is 575 g/mol.